The minimum absolute atomic E-state index is 0.0113. The van der Waals surface area contributed by atoms with Crippen LogP contribution in [0.3, 0.4) is 0 Å². The predicted octanol–water partition coefficient (Wildman–Crippen LogP) is 1.99. The van der Waals surface area contributed by atoms with Crippen LogP contribution in [0.1, 0.15) is 25.3 Å². The number of para-hydroxylation sites is 1. The highest BCUT2D eigenvalue weighted by Gasteiger charge is 2.19. The number of nitrogens with one attached hydrogen (secondary N) is 1. The van der Waals surface area contributed by atoms with Crippen molar-refractivity contribution >= 4 is 28.8 Å². The smallest absolute Gasteiger partial charge is 0.238 e. The molecule has 0 bridgehead atoms. The molecular formula is C15H21N3OS. The second-order valence-electron chi connectivity index (χ2n) is 5.44. The first kappa shape index (κ1) is 14.9. The summed E-state index contributed by atoms with van der Waals surface area (Å²) in [4.78, 5) is 14.6. The van der Waals surface area contributed by atoms with Crippen molar-refractivity contribution in [1.82, 2.24) is 4.90 Å². The number of amides is 1. The van der Waals surface area contributed by atoms with Crippen molar-refractivity contribution in [2.45, 2.75) is 19.8 Å². The van der Waals surface area contributed by atoms with Crippen LogP contribution in [0.25, 0.3) is 0 Å². The van der Waals surface area contributed by atoms with E-state index >= 15 is 0 Å². The Morgan fingerprint density at radius 3 is 2.95 bits per heavy atom. The van der Waals surface area contributed by atoms with Crippen LogP contribution in [-0.4, -0.2) is 35.4 Å². The summed E-state index contributed by atoms with van der Waals surface area (Å²) in [6.07, 6.45) is 2.42. The lowest BCUT2D eigenvalue weighted by Crippen LogP contribution is -2.39. The van der Waals surface area contributed by atoms with E-state index in [1.165, 1.54) is 6.42 Å². The largest absolute Gasteiger partial charge is 0.389 e. The van der Waals surface area contributed by atoms with Crippen molar-refractivity contribution in [2.24, 2.45) is 11.7 Å². The summed E-state index contributed by atoms with van der Waals surface area (Å²) in [6.45, 7) is 4.64. The number of piperidine rings is 1. The topological polar surface area (TPSA) is 58.4 Å². The van der Waals surface area contributed by atoms with E-state index in [0.29, 0.717) is 28.7 Å². The summed E-state index contributed by atoms with van der Waals surface area (Å²) in [5, 5.41) is 2.91. The van der Waals surface area contributed by atoms with Crippen molar-refractivity contribution in [3.63, 3.8) is 0 Å². The third-order valence-electron chi connectivity index (χ3n) is 3.57. The molecule has 1 aromatic carbocycles. The second kappa shape index (κ2) is 6.81. The van der Waals surface area contributed by atoms with Gasteiger partial charge in [0.05, 0.1) is 12.2 Å². The summed E-state index contributed by atoms with van der Waals surface area (Å²) in [5.74, 6) is 0.656. The summed E-state index contributed by atoms with van der Waals surface area (Å²) >= 11 is 5.00. The van der Waals surface area contributed by atoms with Gasteiger partial charge in [-0.2, -0.15) is 0 Å². The Labute approximate surface area is 125 Å². The minimum Gasteiger partial charge on any atom is -0.389 e. The lowest BCUT2D eigenvalue weighted by Gasteiger charge is -2.30. The molecule has 1 atom stereocenters. The van der Waals surface area contributed by atoms with Crippen LogP contribution in [0.2, 0.25) is 0 Å². The number of thiocarbonyl (C=S) groups is 1. The standard InChI is InChI=1S/C15H21N3OS/c1-11-5-4-8-18(9-11)10-14(19)17-13-7-3-2-6-12(13)15(16)20/h2-3,6-7,11H,4-5,8-10H2,1H3,(H2,16,20)(H,17,19). The molecule has 2 rings (SSSR count). The maximum Gasteiger partial charge on any atom is 0.238 e. The lowest BCUT2D eigenvalue weighted by molar-refractivity contribution is -0.117. The van der Waals surface area contributed by atoms with Crippen LogP contribution in [0, 0.1) is 5.92 Å². The highest BCUT2D eigenvalue weighted by molar-refractivity contribution is 7.80. The van der Waals surface area contributed by atoms with Crippen LogP contribution in [-0.2, 0) is 4.79 Å². The van der Waals surface area contributed by atoms with Crippen LogP contribution in [0.15, 0.2) is 24.3 Å². The van der Waals surface area contributed by atoms with Gasteiger partial charge in [-0.25, -0.2) is 0 Å². The molecule has 0 saturated carbocycles. The van der Waals surface area contributed by atoms with E-state index in [9.17, 15) is 4.79 Å². The van der Waals surface area contributed by atoms with Gasteiger partial charge in [0.2, 0.25) is 5.91 Å². The van der Waals surface area contributed by atoms with E-state index in [1.807, 2.05) is 24.3 Å². The molecule has 1 unspecified atom stereocenters. The Kier molecular flexibility index (Phi) is 5.09. The van der Waals surface area contributed by atoms with Crippen LogP contribution in [0.4, 0.5) is 5.69 Å². The van der Waals surface area contributed by atoms with Gasteiger partial charge in [0.1, 0.15) is 4.99 Å². The van der Waals surface area contributed by atoms with E-state index in [2.05, 4.69) is 17.1 Å². The average Bonchev–Trinajstić information content (AvgIpc) is 2.38. The Morgan fingerprint density at radius 2 is 2.25 bits per heavy atom. The summed E-state index contributed by atoms with van der Waals surface area (Å²) in [5.41, 5.74) is 7.06. The Balaban J connectivity index is 1.96. The first-order valence-corrected chi connectivity index (χ1v) is 7.38. The van der Waals surface area contributed by atoms with Crippen molar-refractivity contribution < 1.29 is 4.79 Å². The van der Waals surface area contributed by atoms with Gasteiger partial charge in [-0.05, 0) is 37.4 Å². The quantitative estimate of drug-likeness (QED) is 0.833. The molecule has 1 amide bonds. The SMILES string of the molecule is CC1CCCN(CC(=O)Nc2ccccc2C(N)=S)C1. The van der Waals surface area contributed by atoms with Gasteiger partial charge in [0.25, 0.3) is 0 Å². The molecule has 1 aromatic rings. The van der Waals surface area contributed by atoms with Crippen LogP contribution >= 0.6 is 12.2 Å². The molecule has 108 valence electrons. The van der Waals surface area contributed by atoms with Gasteiger partial charge < -0.3 is 11.1 Å². The zero-order valence-electron chi connectivity index (χ0n) is 11.8. The summed E-state index contributed by atoms with van der Waals surface area (Å²) in [7, 11) is 0. The predicted molar refractivity (Wildman–Crippen MR) is 85.8 cm³/mol. The average molecular weight is 291 g/mol. The number of anilines is 1. The monoisotopic (exact) mass is 291 g/mol. The molecule has 0 aliphatic carbocycles. The number of benzene rings is 1. The number of rotatable bonds is 4. The number of hydrogen-bond donors (Lipinski definition) is 2. The second-order valence-corrected chi connectivity index (χ2v) is 5.88. The zero-order valence-corrected chi connectivity index (χ0v) is 12.6. The van der Waals surface area contributed by atoms with Gasteiger partial charge in [-0.15, -0.1) is 0 Å². The molecule has 4 nitrogen and oxygen atoms in total. The van der Waals surface area contributed by atoms with E-state index in [1.54, 1.807) is 0 Å². The van der Waals surface area contributed by atoms with E-state index in [4.69, 9.17) is 18.0 Å². The molecule has 0 spiro atoms. The van der Waals surface area contributed by atoms with E-state index in [-0.39, 0.29) is 5.91 Å². The Morgan fingerprint density at radius 1 is 1.50 bits per heavy atom. The molecule has 0 radical (unpaired) electrons. The van der Waals surface area contributed by atoms with Crippen molar-refractivity contribution in [1.29, 1.82) is 0 Å². The molecule has 0 aromatic heterocycles. The fraction of sp³-hybridized carbons (Fsp3) is 0.467. The number of nitrogens with zero attached hydrogens (tertiary/aromatic N) is 1. The summed E-state index contributed by atoms with van der Waals surface area (Å²) in [6, 6.07) is 7.36. The van der Waals surface area contributed by atoms with Crippen LogP contribution in [0.5, 0.6) is 0 Å². The fourth-order valence-electron chi connectivity index (χ4n) is 2.63. The van der Waals surface area contributed by atoms with E-state index in [0.717, 1.165) is 19.5 Å². The number of nitrogens with two attached hydrogens (primary N) is 1. The Bertz CT molecular complexity index is 504. The van der Waals surface area contributed by atoms with Gasteiger partial charge >= 0.3 is 0 Å². The van der Waals surface area contributed by atoms with E-state index < -0.39 is 0 Å². The minimum atomic E-state index is -0.0113. The zero-order chi connectivity index (χ0) is 14.5. The summed E-state index contributed by atoms with van der Waals surface area (Å²) < 4.78 is 0. The van der Waals surface area contributed by atoms with Gasteiger partial charge in [0, 0.05) is 12.1 Å². The highest BCUT2D eigenvalue weighted by Crippen LogP contribution is 2.17. The molecule has 20 heavy (non-hydrogen) atoms. The first-order chi connectivity index (χ1) is 9.56. The Hall–Kier alpha value is -1.46. The first-order valence-electron chi connectivity index (χ1n) is 6.97. The molecule has 1 fully saturated rings. The maximum absolute atomic E-state index is 12.1. The fourth-order valence-corrected chi connectivity index (χ4v) is 2.81. The molecule has 5 heteroatoms. The number of carbonyl (C=O) groups is 1. The third kappa shape index (κ3) is 4.02. The van der Waals surface area contributed by atoms with Crippen molar-refractivity contribution in [2.75, 3.05) is 25.0 Å². The normalized spacial score (nSPS) is 19.6. The molecule has 1 heterocycles. The van der Waals surface area contributed by atoms with Crippen molar-refractivity contribution in [3.05, 3.63) is 29.8 Å². The van der Waals surface area contributed by atoms with Gasteiger partial charge in [0.15, 0.2) is 0 Å². The van der Waals surface area contributed by atoms with Crippen molar-refractivity contribution in [3.8, 4) is 0 Å². The maximum atomic E-state index is 12.1. The van der Waals surface area contributed by atoms with Crippen LogP contribution < -0.4 is 11.1 Å². The molecule has 3 N–H and O–H groups in total. The third-order valence-corrected chi connectivity index (χ3v) is 3.79. The molecule has 1 saturated heterocycles. The highest BCUT2D eigenvalue weighted by atomic mass is 32.1. The van der Waals surface area contributed by atoms with Gasteiger partial charge in [-0.1, -0.05) is 31.3 Å². The van der Waals surface area contributed by atoms with Gasteiger partial charge in [-0.3, -0.25) is 9.69 Å². The number of carbonyl (C=O) groups excluding carboxylic acids is 1. The lowest BCUT2D eigenvalue weighted by atomic mass is 10.0. The number of likely N-dealkylation sites (tertiary alicyclic amines) is 1. The molecule has 1 aliphatic heterocycles. The number of hydrogen-bond acceptors (Lipinski definition) is 3. The molecule has 1 aliphatic rings. The molecular weight excluding hydrogens is 270 g/mol.